The first-order chi connectivity index (χ1) is 10.5. The Morgan fingerprint density at radius 2 is 2.05 bits per heavy atom. The van der Waals surface area contributed by atoms with E-state index in [-0.39, 0.29) is 12.6 Å². The van der Waals surface area contributed by atoms with E-state index in [4.69, 9.17) is 20.9 Å². The molecule has 0 aliphatic heterocycles. The molecule has 0 fully saturated rings. The third-order valence-electron chi connectivity index (χ3n) is 3.34. The summed E-state index contributed by atoms with van der Waals surface area (Å²) in [7, 11) is 0. The number of halogens is 1. The monoisotopic (exact) mass is 322 g/mol. The number of ether oxygens (including phenoxy) is 1. The average Bonchev–Trinajstić information content (AvgIpc) is 2.78. The van der Waals surface area contributed by atoms with Gasteiger partial charge in [-0.2, -0.15) is 0 Å². The van der Waals surface area contributed by atoms with Gasteiger partial charge < -0.3 is 14.6 Å². The molecule has 1 aromatic carbocycles. The lowest BCUT2D eigenvalue weighted by atomic mass is 10.1. The van der Waals surface area contributed by atoms with Crippen LogP contribution in [0.25, 0.3) is 0 Å². The van der Waals surface area contributed by atoms with Gasteiger partial charge in [0.25, 0.3) is 0 Å². The Bertz CT molecular complexity index is 618. The van der Waals surface area contributed by atoms with Crippen molar-refractivity contribution in [1.82, 2.24) is 10.5 Å². The van der Waals surface area contributed by atoms with Gasteiger partial charge in [0.15, 0.2) is 0 Å². The molecule has 1 amide bonds. The molecule has 0 radical (unpaired) electrons. The van der Waals surface area contributed by atoms with Gasteiger partial charge in [0.05, 0.1) is 5.69 Å². The third kappa shape index (κ3) is 4.49. The summed E-state index contributed by atoms with van der Waals surface area (Å²) < 4.78 is 10.3. The van der Waals surface area contributed by atoms with E-state index in [1.165, 1.54) is 0 Å². The molecule has 1 heterocycles. The highest BCUT2D eigenvalue weighted by molar-refractivity contribution is 6.30. The van der Waals surface area contributed by atoms with Gasteiger partial charge in [-0.25, -0.2) is 4.79 Å². The largest absolute Gasteiger partial charge is 0.445 e. The molecular formula is C16H19ClN2O3. The SMILES string of the molecule is Cc1noc(C)c1C[C@@H](C)NC(=O)OCc1ccc(Cl)cc1. The number of carbonyl (C=O) groups excluding carboxylic acids is 1. The highest BCUT2D eigenvalue weighted by Crippen LogP contribution is 2.14. The molecule has 1 aromatic heterocycles. The summed E-state index contributed by atoms with van der Waals surface area (Å²) in [5.74, 6) is 0.778. The Morgan fingerprint density at radius 3 is 2.64 bits per heavy atom. The minimum atomic E-state index is -0.450. The molecule has 0 bridgehead atoms. The van der Waals surface area contributed by atoms with Gasteiger partial charge in [0, 0.05) is 16.6 Å². The van der Waals surface area contributed by atoms with E-state index in [2.05, 4.69) is 10.5 Å². The van der Waals surface area contributed by atoms with Crippen LogP contribution in [-0.4, -0.2) is 17.3 Å². The van der Waals surface area contributed by atoms with Crippen LogP contribution in [0, 0.1) is 13.8 Å². The second-order valence-corrected chi connectivity index (χ2v) is 5.69. The maximum absolute atomic E-state index is 11.8. The van der Waals surface area contributed by atoms with Crippen molar-refractivity contribution in [3.63, 3.8) is 0 Å². The number of nitrogens with zero attached hydrogens (tertiary/aromatic N) is 1. The van der Waals surface area contributed by atoms with Crippen molar-refractivity contribution in [3.8, 4) is 0 Å². The molecule has 22 heavy (non-hydrogen) atoms. The highest BCUT2D eigenvalue weighted by atomic mass is 35.5. The van der Waals surface area contributed by atoms with E-state index >= 15 is 0 Å². The number of carbonyl (C=O) groups is 1. The first-order valence-corrected chi connectivity index (χ1v) is 7.43. The molecule has 0 aliphatic carbocycles. The third-order valence-corrected chi connectivity index (χ3v) is 3.59. The maximum atomic E-state index is 11.8. The van der Waals surface area contributed by atoms with Crippen molar-refractivity contribution >= 4 is 17.7 Å². The first-order valence-electron chi connectivity index (χ1n) is 7.05. The van der Waals surface area contributed by atoms with E-state index < -0.39 is 6.09 Å². The van der Waals surface area contributed by atoms with Crippen LogP contribution in [0.4, 0.5) is 4.79 Å². The second-order valence-electron chi connectivity index (χ2n) is 5.25. The van der Waals surface area contributed by atoms with Gasteiger partial charge in [0.2, 0.25) is 0 Å². The molecule has 0 spiro atoms. The highest BCUT2D eigenvalue weighted by Gasteiger charge is 2.15. The van der Waals surface area contributed by atoms with E-state index in [0.717, 1.165) is 22.6 Å². The molecule has 0 unspecified atom stereocenters. The topological polar surface area (TPSA) is 64.4 Å². The summed E-state index contributed by atoms with van der Waals surface area (Å²) in [6, 6.07) is 7.09. The van der Waals surface area contributed by atoms with Crippen LogP contribution in [0.5, 0.6) is 0 Å². The smallest absolute Gasteiger partial charge is 0.407 e. The number of aromatic nitrogens is 1. The van der Waals surface area contributed by atoms with Crippen LogP contribution in [0.15, 0.2) is 28.8 Å². The van der Waals surface area contributed by atoms with Crippen LogP contribution in [0.1, 0.15) is 29.5 Å². The molecular weight excluding hydrogens is 304 g/mol. The summed E-state index contributed by atoms with van der Waals surface area (Å²) in [5, 5.41) is 7.35. The zero-order chi connectivity index (χ0) is 16.1. The van der Waals surface area contributed by atoms with Gasteiger partial charge in [-0.15, -0.1) is 0 Å². The number of aryl methyl sites for hydroxylation is 2. The molecule has 0 saturated carbocycles. The van der Waals surface area contributed by atoms with Gasteiger partial charge in [-0.3, -0.25) is 0 Å². The minimum Gasteiger partial charge on any atom is -0.445 e. The van der Waals surface area contributed by atoms with Crippen LogP contribution in [0.2, 0.25) is 5.02 Å². The molecule has 1 N–H and O–H groups in total. The Kier molecular flexibility index (Phi) is 5.44. The summed E-state index contributed by atoms with van der Waals surface area (Å²) in [6.45, 7) is 5.87. The molecule has 0 saturated heterocycles. The van der Waals surface area contributed by atoms with E-state index in [1.807, 2.05) is 32.9 Å². The first kappa shape index (κ1) is 16.4. The van der Waals surface area contributed by atoms with Crippen molar-refractivity contribution in [2.75, 3.05) is 0 Å². The second kappa shape index (κ2) is 7.31. The summed E-state index contributed by atoms with van der Waals surface area (Å²) in [5.41, 5.74) is 2.75. The van der Waals surface area contributed by atoms with Crippen molar-refractivity contribution < 1.29 is 14.1 Å². The fraction of sp³-hybridized carbons (Fsp3) is 0.375. The molecule has 0 aliphatic rings. The molecule has 1 atom stereocenters. The fourth-order valence-electron chi connectivity index (χ4n) is 2.12. The predicted molar refractivity (Wildman–Crippen MR) is 83.9 cm³/mol. The maximum Gasteiger partial charge on any atom is 0.407 e. The average molecular weight is 323 g/mol. The molecule has 118 valence electrons. The van der Waals surface area contributed by atoms with Crippen LogP contribution < -0.4 is 5.32 Å². The number of benzene rings is 1. The Balaban J connectivity index is 1.80. The summed E-state index contributed by atoms with van der Waals surface area (Å²) in [6.07, 6.45) is 0.200. The van der Waals surface area contributed by atoms with Crippen molar-refractivity contribution in [3.05, 3.63) is 51.9 Å². The molecule has 2 aromatic rings. The van der Waals surface area contributed by atoms with Gasteiger partial charge in [0.1, 0.15) is 12.4 Å². The lowest BCUT2D eigenvalue weighted by molar-refractivity contribution is 0.136. The van der Waals surface area contributed by atoms with Crippen molar-refractivity contribution in [2.24, 2.45) is 0 Å². The quantitative estimate of drug-likeness (QED) is 0.909. The van der Waals surface area contributed by atoms with E-state index in [1.54, 1.807) is 12.1 Å². The van der Waals surface area contributed by atoms with Crippen LogP contribution in [0.3, 0.4) is 0 Å². The van der Waals surface area contributed by atoms with E-state index in [9.17, 15) is 4.79 Å². The summed E-state index contributed by atoms with van der Waals surface area (Å²) in [4.78, 5) is 11.8. The van der Waals surface area contributed by atoms with Crippen molar-refractivity contribution in [2.45, 2.75) is 39.8 Å². The standard InChI is InChI=1S/C16H19ClN2O3/c1-10(8-15-11(2)19-22-12(15)3)18-16(20)21-9-13-4-6-14(17)7-5-13/h4-7,10H,8-9H2,1-3H3,(H,18,20)/t10-/m1/s1. The fourth-order valence-corrected chi connectivity index (χ4v) is 2.25. The van der Waals surface area contributed by atoms with Gasteiger partial charge in [-0.1, -0.05) is 28.9 Å². The molecule has 5 nitrogen and oxygen atoms in total. The van der Waals surface area contributed by atoms with Gasteiger partial charge >= 0.3 is 6.09 Å². The van der Waals surface area contributed by atoms with Crippen LogP contribution >= 0.6 is 11.6 Å². The number of alkyl carbamates (subject to hydrolysis) is 1. The minimum absolute atomic E-state index is 0.0745. The lowest BCUT2D eigenvalue weighted by Crippen LogP contribution is -2.34. The number of hydrogen-bond acceptors (Lipinski definition) is 4. The number of rotatable bonds is 5. The van der Waals surface area contributed by atoms with Gasteiger partial charge in [-0.05, 0) is 44.9 Å². The normalized spacial score (nSPS) is 12.0. The zero-order valence-electron chi connectivity index (χ0n) is 12.9. The molecule has 6 heteroatoms. The van der Waals surface area contributed by atoms with E-state index in [0.29, 0.717) is 11.4 Å². The van der Waals surface area contributed by atoms with Crippen LogP contribution in [-0.2, 0) is 17.8 Å². The Hall–Kier alpha value is -2.01. The Labute approximate surface area is 134 Å². The lowest BCUT2D eigenvalue weighted by Gasteiger charge is -2.14. The predicted octanol–water partition coefficient (Wildman–Crippen LogP) is 3.80. The number of nitrogens with one attached hydrogen (secondary N) is 1. The molecule has 2 rings (SSSR count). The van der Waals surface area contributed by atoms with Crippen molar-refractivity contribution in [1.29, 1.82) is 0 Å². The number of hydrogen-bond donors (Lipinski definition) is 1. The zero-order valence-corrected chi connectivity index (χ0v) is 13.6. The summed E-state index contributed by atoms with van der Waals surface area (Å²) >= 11 is 5.80. The number of amides is 1. The Morgan fingerprint density at radius 1 is 1.36 bits per heavy atom.